The molecule has 0 aliphatic rings. The van der Waals surface area contributed by atoms with E-state index in [9.17, 15) is 8.42 Å². The molecule has 3 rings (SSSR count). The summed E-state index contributed by atoms with van der Waals surface area (Å²) in [5, 5.41) is 3.19. The first kappa shape index (κ1) is 32.6. The first-order chi connectivity index (χ1) is 19.6. The van der Waals surface area contributed by atoms with E-state index in [1.165, 1.54) is 4.31 Å². The Morgan fingerprint density at radius 3 is 2.54 bits per heavy atom. The summed E-state index contributed by atoms with van der Waals surface area (Å²) >= 11 is 0. The van der Waals surface area contributed by atoms with Crippen LogP contribution in [0, 0.1) is 0 Å². The van der Waals surface area contributed by atoms with Crippen molar-refractivity contribution in [2.24, 2.45) is 0 Å². The van der Waals surface area contributed by atoms with Gasteiger partial charge >= 0.3 is 0 Å². The van der Waals surface area contributed by atoms with Crippen molar-refractivity contribution in [3.8, 4) is 11.4 Å². The van der Waals surface area contributed by atoms with Crippen LogP contribution in [0.2, 0.25) is 25.7 Å². The zero-order chi connectivity index (χ0) is 29.9. The topological polar surface area (TPSA) is 111 Å². The standard InChI is InChI=1S/C29H44N6O4SSi/c1-7-9-10-28-31-22-27(35(28)17-8-2)26-15-16-30-29(33-26)32-24-11-13-25(14-12-24)40(36,37)34(18-19-38-3)23-39-20-21-41(4,5)6/h7,11-16,22H,1,8-10,17-21,23H2,2-6H3,(H,30,32,33). The monoisotopic (exact) mass is 600 g/mol. The molecule has 2 aromatic heterocycles. The molecule has 2 heterocycles. The lowest BCUT2D eigenvalue weighted by Gasteiger charge is -2.23. The molecule has 0 saturated carbocycles. The Hall–Kier alpha value is -2.90. The predicted octanol–water partition coefficient (Wildman–Crippen LogP) is 5.56. The number of methoxy groups -OCH3 is 1. The number of allylic oxidation sites excluding steroid dienone is 1. The second kappa shape index (κ2) is 15.4. The van der Waals surface area contributed by atoms with Gasteiger partial charge in [0.2, 0.25) is 16.0 Å². The fourth-order valence-corrected chi connectivity index (χ4v) is 6.13. The quantitative estimate of drug-likeness (QED) is 0.0874. The largest absolute Gasteiger partial charge is 0.383 e. The molecular weight excluding hydrogens is 557 g/mol. The first-order valence-electron chi connectivity index (χ1n) is 14.0. The first-order valence-corrected chi connectivity index (χ1v) is 19.2. The van der Waals surface area contributed by atoms with Gasteiger partial charge in [0.15, 0.2) is 0 Å². The summed E-state index contributed by atoms with van der Waals surface area (Å²) < 4.78 is 41.2. The van der Waals surface area contributed by atoms with Gasteiger partial charge in [-0.2, -0.15) is 4.31 Å². The molecule has 0 saturated heterocycles. The minimum Gasteiger partial charge on any atom is -0.383 e. The number of anilines is 2. The Kier molecular flexibility index (Phi) is 12.2. The van der Waals surface area contributed by atoms with Gasteiger partial charge < -0.3 is 19.4 Å². The van der Waals surface area contributed by atoms with Crippen molar-refractivity contribution in [1.82, 2.24) is 23.8 Å². The lowest BCUT2D eigenvalue weighted by molar-refractivity contribution is 0.0660. The van der Waals surface area contributed by atoms with Crippen LogP contribution in [0.4, 0.5) is 11.6 Å². The van der Waals surface area contributed by atoms with Crippen LogP contribution in [0.25, 0.3) is 11.4 Å². The van der Waals surface area contributed by atoms with Gasteiger partial charge in [0.05, 0.1) is 29.1 Å². The maximum Gasteiger partial charge on any atom is 0.245 e. The highest BCUT2D eigenvalue weighted by Crippen LogP contribution is 2.24. The van der Waals surface area contributed by atoms with E-state index in [0.29, 0.717) is 18.2 Å². The number of ether oxygens (including phenoxy) is 2. The molecule has 12 heteroatoms. The van der Waals surface area contributed by atoms with Gasteiger partial charge in [-0.25, -0.2) is 23.4 Å². The van der Waals surface area contributed by atoms with E-state index in [0.717, 1.165) is 49.1 Å². The number of sulfonamides is 1. The van der Waals surface area contributed by atoms with Gasteiger partial charge in [-0.15, -0.1) is 6.58 Å². The lowest BCUT2D eigenvalue weighted by atomic mass is 10.2. The van der Waals surface area contributed by atoms with E-state index < -0.39 is 18.1 Å². The van der Waals surface area contributed by atoms with Gasteiger partial charge in [-0.3, -0.25) is 0 Å². The van der Waals surface area contributed by atoms with E-state index in [1.807, 2.05) is 18.3 Å². The molecule has 1 aromatic carbocycles. The molecular formula is C29H44N6O4SSi. The number of nitrogens with zero attached hydrogens (tertiary/aromatic N) is 5. The second-order valence-electron chi connectivity index (χ2n) is 11.0. The van der Waals surface area contributed by atoms with Crippen LogP contribution in [0.15, 0.2) is 60.3 Å². The minimum atomic E-state index is -3.77. The summed E-state index contributed by atoms with van der Waals surface area (Å²) in [6.45, 7) is 14.6. The summed E-state index contributed by atoms with van der Waals surface area (Å²) in [4.78, 5) is 13.9. The van der Waals surface area contributed by atoms with E-state index in [1.54, 1.807) is 37.6 Å². The van der Waals surface area contributed by atoms with E-state index in [4.69, 9.17) is 14.5 Å². The molecule has 0 fully saturated rings. The molecule has 0 spiro atoms. The Morgan fingerprint density at radius 2 is 1.88 bits per heavy atom. The summed E-state index contributed by atoms with van der Waals surface area (Å²) in [5.41, 5.74) is 2.36. The highest BCUT2D eigenvalue weighted by molar-refractivity contribution is 7.89. The molecule has 0 amide bonds. The lowest BCUT2D eigenvalue weighted by Crippen LogP contribution is -2.36. The van der Waals surface area contributed by atoms with Gasteiger partial charge in [0.1, 0.15) is 12.6 Å². The summed E-state index contributed by atoms with van der Waals surface area (Å²) in [7, 11) is -3.50. The maximum atomic E-state index is 13.4. The zero-order valence-corrected chi connectivity index (χ0v) is 26.8. The molecule has 1 N–H and O–H groups in total. The smallest absolute Gasteiger partial charge is 0.245 e. The van der Waals surface area contributed by atoms with Crippen molar-refractivity contribution in [1.29, 1.82) is 0 Å². The summed E-state index contributed by atoms with van der Waals surface area (Å²) in [6, 6.07) is 9.39. The SMILES string of the molecule is C=CCCc1ncc(-c2ccnc(Nc3ccc(S(=O)(=O)N(CCOC)COCC[Si](C)(C)C)cc3)n2)n1CCC. The van der Waals surface area contributed by atoms with E-state index in [-0.39, 0.29) is 24.8 Å². The van der Waals surface area contributed by atoms with Crippen LogP contribution in [0.3, 0.4) is 0 Å². The third kappa shape index (κ3) is 9.57. The number of aryl methyl sites for hydroxylation is 1. The van der Waals surface area contributed by atoms with Gasteiger partial charge in [0, 0.05) is 53.2 Å². The van der Waals surface area contributed by atoms with Crippen LogP contribution >= 0.6 is 0 Å². The fraction of sp³-hybridized carbons (Fsp3) is 0.483. The molecule has 10 nitrogen and oxygen atoms in total. The van der Waals surface area contributed by atoms with Crippen molar-refractivity contribution in [2.75, 3.05) is 38.9 Å². The average Bonchev–Trinajstić information content (AvgIpc) is 3.33. The number of hydrogen-bond acceptors (Lipinski definition) is 8. The zero-order valence-electron chi connectivity index (χ0n) is 25.0. The van der Waals surface area contributed by atoms with Gasteiger partial charge in [0.25, 0.3) is 0 Å². The summed E-state index contributed by atoms with van der Waals surface area (Å²) in [5.74, 6) is 1.42. The summed E-state index contributed by atoms with van der Waals surface area (Å²) in [6.07, 6.45) is 8.11. The molecule has 3 aromatic rings. The molecule has 41 heavy (non-hydrogen) atoms. The molecule has 0 aliphatic heterocycles. The highest BCUT2D eigenvalue weighted by atomic mass is 32.2. The highest BCUT2D eigenvalue weighted by Gasteiger charge is 2.25. The minimum absolute atomic E-state index is 0.0132. The van der Waals surface area contributed by atoms with Crippen LogP contribution in [0.5, 0.6) is 0 Å². The van der Waals surface area contributed by atoms with Crippen LogP contribution in [-0.4, -0.2) is 73.9 Å². The molecule has 0 aliphatic carbocycles. The third-order valence-corrected chi connectivity index (χ3v) is 9.94. The average molecular weight is 601 g/mol. The third-order valence-electron chi connectivity index (χ3n) is 6.40. The Bertz CT molecular complexity index is 1360. The van der Waals surface area contributed by atoms with Gasteiger partial charge in [-0.05, 0) is 49.2 Å². The normalized spacial score (nSPS) is 12.1. The maximum absolute atomic E-state index is 13.4. The number of rotatable bonds is 18. The molecule has 0 unspecified atom stereocenters. The van der Waals surface area contributed by atoms with Crippen LogP contribution in [0.1, 0.15) is 25.6 Å². The second-order valence-corrected chi connectivity index (χ2v) is 18.5. The van der Waals surface area contributed by atoms with Crippen molar-refractivity contribution in [3.63, 3.8) is 0 Å². The number of benzene rings is 1. The number of nitrogens with one attached hydrogen (secondary N) is 1. The fourth-order valence-electron chi connectivity index (χ4n) is 4.06. The van der Waals surface area contributed by atoms with Crippen LogP contribution in [-0.2, 0) is 32.5 Å². The van der Waals surface area contributed by atoms with Crippen molar-refractivity contribution in [3.05, 3.63) is 61.2 Å². The number of aromatic nitrogens is 4. The Labute approximate surface area is 245 Å². The Balaban J connectivity index is 1.74. The molecule has 0 bridgehead atoms. The van der Waals surface area contributed by atoms with E-state index in [2.05, 4.69) is 53.0 Å². The number of imidazole rings is 1. The van der Waals surface area contributed by atoms with Gasteiger partial charge in [-0.1, -0.05) is 32.6 Å². The van der Waals surface area contributed by atoms with Crippen molar-refractivity contribution >= 4 is 29.7 Å². The van der Waals surface area contributed by atoms with E-state index >= 15 is 0 Å². The van der Waals surface area contributed by atoms with Crippen molar-refractivity contribution in [2.45, 2.75) is 63.3 Å². The number of hydrogen-bond donors (Lipinski definition) is 1. The predicted molar refractivity (Wildman–Crippen MR) is 167 cm³/mol. The van der Waals surface area contributed by atoms with Crippen LogP contribution < -0.4 is 5.32 Å². The molecule has 224 valence electrons. The molecule has 0 atom stereocenters. The van der Waals surface area contributed by atoms with Crippen molar-refractivity contribution < 1.29 is 17.9 Å². The Morgan fingerprint density at radius 1 is 1.12 bits per heavy atom. The molecule has 0 radical (unpaired) electrons.